The predicted octanol–water partition coefficient (Wildman–Crippen LogP) is -0.307. The topological polar surface area (TPSA) is 212 Å². The molecule has 1 aliphatic carbocycles. The van der Waals surface area contributed by atoms with E-state index in [1.54, 1.807) is 0 Å². The molecule has 1 rings (SSSR count). The van der Waals surface area contributed by atoms with Gasteiger partial charge in [-0.15, -0.1) is 0 Å². The molecule has 0 saturated heterocycles. The molecule has 1 saturated carbocycles. The first-order chi connectivity index (χ1) is 17.7. The summed E-state index contributed by atoms with van der Waals surface area (Å²) in [6, 6.07) is -0.421. The van der Waals surface area contributed by atoms with E-state index in [4.69, 9.17) is 22.3 Å². The molecule has 0 bridgehead atoms. The fourth-order valence-electron chi connectivity index (χ4n) is 4.81. The van der Waals surface area contributed by atoms with E-state index in [1.807, 2.05) is 0 Å². The summed E-state index contributed by atoms with van der Waals surface area (Å²) in [4.78, 5) is 13.2. The summed E-state index contributed by atoms with van der Waals surface area (Å²) in [5.74, 6) is 0.0927. The third-order valence-corrected chi connectivity index (χ3v) is 7.39. The van der Waals surface area contributed by atoms with Crippen LogP contribution in [0.3, 0.4) is 0 Å². The van der Waals surface area contributed by atoms with E-state index >= 15 is 0 Å². The molecule has 0 aromatic heterocycles. The highest BCUT2D eigenvalue weighted by molar-refractivity contribution is 5.89. The highest BCUT2D eigenvalue weighted by atomic mass is 16.3. The number of Topliss-reactive ketones (excluding diaryl/α,β-unsaturated/α-hetero) is 1. The summed E-state index contributed by atoms with van der Waals surface area (Å²) in [5, 5.41) is 49.2. The monoisotopic (exact) mass is 532 g/mol. The third-order valence-electron chi connectivity index (χ3n) is 7.39. The minimum absolute atomic E-state index is 0.0667. The molecule has 11 heteroatoms. The number of hydrogen-bond acceptors (Lipinski definition) is 11. The van der Waals surface area contributed by atoms with Gasteiger partial charge in [-0.1, -0.05) is 26.2 Å². The largest absolute Gasteiger partial charge is 0.379 e. The van der Waals surface area contributed by atoms with E-state index in [0.29, 0.717) is 32.2 Å². The lowest BCUT2D eigenvalue weighted by molar-refractivity contribution is -0.124. The number of carbonyl (C=O) groups is 1. The number of rotatable bonds is 25. The number of aliphatic hydroxyl groups is 4. The van der Waals surface area contributed by atoms with Crippen LogP contribution in [0.5, 0.6) is 0 Å². The van der Waals surface area contributed by atoms with Gasteiger partial charge in [-0.25, -0.2) is 0 Å². The zero-order chi connectivity index (χ0) is 27.7. The normalized spacial score (nSPS) is 23.4. The second-order valence-electron chi connectivity index (χ2n) is 10.7. The SMILES string of the molecule is CCCCCC(O)NC(CCC(=O)C1(CN)CC1NCCCCCC(N)O)C(O)NCCCCC(N)O. The van der Waals surface area contributed by atoms with Crippen molar-refractivity contribution in [3.63, 3.8) is 0 Å². The minimum Gasteiger partial charge on any atom is -0.379 e. The lowest BCUT2D eigenvalue weighted by atomic mass is 9.94. The second-order valence-corrected chi connectivity index (χ2v) is 10.7. The molecular formula is C26H56N6O5. The fourth-order valence-corrected chi connectivity index (χ4v) is 4.81. The number of aliphatic hydroxyl groups excluding tert-OH is 4. The highest BCUT2D eigenvalue weighted by Gasteiger charge is 2.57. The second kappa shape index (κ2) is 19.3. The van der Waals surface area contributed by atoms with Crippen LogP contribution < -0.4 is 33.2 Å². The average molecular weight is 533 g/mol. The van der Waals surface area contributed by atoms with Gasteiger partial charge in [-0.05, 0) is 77.3 Å². The Balaban J connectivity index is 2.53. The lowest BCUT2D eigenvalue weighted by Crippen LogP contribution is -2.52. The van der Waals surface area contributed by atoms with Crippen LogP contribution in [0.15, 0.2) is 0 Å². The number of unbranched alkanes of at least 4 members (excludes halogenated alkanes) is 5. The average Bonchev–Trinajstić information content (AvgIpc) is 3.57. The van der Waals surface area contributed by atoms with E-state index < -0.39 is 36.4 Å². The van der Waals surface area contributed by atoms with Crippen molar-refractivity contribution >= 4 is 5.78 Å². The summed E-state index contributed by atoms with van der Waals surface area (Å²) in [6.07, 6.45) is 7.00. The van der Waals surface area contributed by atoms with Gasteiger partial charge < -0.3 is 42.9 Å². The zero-order valence-corrected chi connectivity index (χ0v) is 22.9. The van der Waals surface area contributed by atoms with Gasteiger partial charge in [-0.3, -0.25) is 15.4 Å². The molecule has 1 aliphatic rings. The number of hydrogen-bond donors (Lipinski definition) is 10. The van der Waals surface area contributed by atoms with Gasteiger partial charge >= 0.3 is 0 Å². The van der Waals surface area contributed by atoms with Crippen molar-refractivity contribution in [3.8, 4) is 0 Å². The molecule has 0 radical (unpaired) electrons. The van der Waals surface area contributed by atoms with Gasteiger partial charge in [0.1, 0.15) is 30.7 Å². The maximum absolute atomic E-state index is 13.2. The first kappa shape index (κ1) is 34.3. The van der Waals surface area contributed by atoms with Gasteiger partial charge in [0.2, 0.25) is 0 Å². The Morgan fingerprint density at radius 2 is 1.51 bits per heavy atom. The molecule has 0 aliphatic heterocycles. The smallest absolute Gasteiger partial charge is 0.141 e. The number of carbonyl (C=O) groups excluding carboxylic acids is 1. The Bertz CT molecular complexity index is 600. The van der Waals surface area contributed by atoms with Gasteiger partial charge in [0.15, 0.2) is 0 Å². The van der Waals surface area contributed by atoms with Gasteiger partial charge in [-0.2, -0.15) is 0 Å². The molecule has 37 heavy (non-hydrogen) atoms. The zero-order valence-electron chi connectivity index (χ0n) is 22.9. The molecule has 0 aromatic rings. The maximum Gasteiger partial charge on any atom is 0.141 e. The summed E-state index contributed by atoms with van der Waals surface area (Å²) in [6.45, 7) is 3.72. The maximum atomic E-state index is 13.2. The lowest BCUT2D eigenvalue weighted by Gasteiger charge is -2.28. The van der Waals surface area contributed by atoms with E-state index in [1.165, 1.54) is 0 Å². The Morgan fingerprint density at radius 3 is 2.14 bits per heavy atom. The summed E-state index contributed by atoms with van der Waals surface area (Å²) in [7, 11) is 0. The van der Waals surface area contributed by atoms with Crippen molar-refractivity contribution < 1.29 is 25.2 Å². The van der Waals surface area contributed by atoms with Crippen molar-refractivity contribution in [1.82, 2.24) is 16.0 Å². The Morgan fingerprint density at radius 1 is 0.892 bits per heavy atom. The van der Waals surface area contributed by atoms with Crippen molar-refractivity contribution in [3.05, 3.63) is 0 Å². The summed E-state index contributed by atoms with van der Waals surface area (Å²) >= 11 is 0. The van der Waals surface area contributed by atoms with E-state index in [2.05, 4.69) is 22.9 Å². The quantitative estimate of drug-likeness (QED) is 0.0544. The van der Waals surface area contributed by atoms with Crippen molar-refractivity contribution in [1.29, 1.82) is 0 Å². The molecule has 7 atom stereocenters. The van der Waals surface area contributed by atoms with Crippen molar-refractivity contribution in [2.75, 3.05) is 19.6 Å². The third kappa shape index (κ3) is 14.3. The molecule has 0 spiro atoms. The number of nitrogens with two attached hydrogens (primary N) is 3. The molecule has 220 valence electrons. The van der Waals surface area contributed by atoms with Crippen LogP contribution in [0, 0.1) is 5.41 Å². The van der Waals surface area contributed by atoms with Crippen LogP contribution in [0.2, 0.25) is 0 Å². The van der Waals surface area contributed by atoms with E-state index in [9.17, 15) is 20.1 Å². The molecule has 0 aromatic carbocycles. The van der Waals surface area contributed by atoms with Crippen molar-refractivity contribution in [2.45, 2.75) is 134 Å². The summed E-state index contributed by atoms with van der Waals surface area (Å²) in [5.41, 5.74) is 16.2. The van der Waals surface area contributed by atoms with Crippen LogP contribution in [0.1, 0.15) is 96.8 Å². The molecule has 0 heterocycles. The molecule has 7 unspecified atom stereocenters. The molecule has 13 N–H and O–H groups in total. The van der Waals surface area contributed by atoms with Crippen molar-refractivity contribution in [2.24, 2.45) is 22.6 Å². The van der Waals surface area contributed by atoms with Crippen LogP contribution in [0.25, 0.3) is 0 Å². The minimum atomic E-state index is -0.926. The Labute approximate surface area is 223 Å². The Kier molecular flexibility index (Phi) is 17.9. The first-order valence-corrected chi connectivity index (χ1v) is 14.4. The van der Waals surface area contributed by atoms with Crippen LogP contribution in [-0.4, -0.2) is 82.8 Å². The summed E-state index contributed by atoms with van der Waals surface area (Å²) < 4.78 is 0. The molecule has 1 fully saturated rings. The van der Waals surface area contributed by atoms with E-state index in [0.717, 1.165) is 64.3 Å². The first-order valence-electron chi connectivity index (χ1n) is 14.4. The van der Waals surface area contributed by atoms with E-state index in [-0.39, 0.29) is 24.8 Å². The molecule has 11 nitrogen and oxygen atoms in total. The standard InChI is InChI=1S/C26H56N6O5/c1-2-3-5-12-24(36)32-19(25(37)31-16-9-7-11-23(29)35)13-14-21(33)26(18-27)17-20(26)30-15-8-4-6-10-22(28)34/h19-20,22-25,30-32,34-37H,2-18,27-29H2,1H3. The number of ketones is 1. The number of nitrogens with one attached hydrogen (secondary N) is 3. The highest BCUT2D eigenvalue weighted by Crippen LogP contribution is 2.47. The Hall–Kier alpha value is -0.730. The van der Waals surface area contributed by atoms with Gasteiger partial charge in [0.05, 0.1) is 5.41 Å². The van der Waals surface area contributed by atoms with Gasteiger partial charge in [0.25, 0.3) is 0 Å². The van der Waals surface area contributed by atoms with Crippen LogP contribution in [0.4, 0.5) is 0 Å². The molecular weight excluding hydrogens is 476 g/mol. The fraction of sp³-hybridized carbons (Fsp3) is 0.962. The van der Waals surface area contributed by atoms with Crippen LogP contribution in [-0.2, 0) is 4.79 Å². The predicted molar refractivity (Wildman–Crippen MR) is 146 cm³/mol. The van der Waals surface area contributed by atoms with Gasteiger partial charge in [0, 0.05) is 25.0 Å². The van der Waals surface area contributed by atoms with Crippen LogP contribution >= 0.6 is 0 Å². The molecule has 0 amide bonds.